The Kier molecular flexibility index (Phi) is 4.30. The molecule has 0 aliphatic carbocycles. The summed E-state index contributed by atoms with van der Waals surface area (Å²) in [5, 5.41) is 0.707. The van der Waals surface area contributed by atoms with E-state index in [1.54, 1.807) is 12.3 Å². The molecule has 2 atom stereocenters. The fourth-order valence-electron chi connectivity index (χ4n) is 1.81. The number of halogens is 2. The van der Waals surface area contributed by atoms with Crippen LogP contribution in [-0.2, 0) is 23.2 Å². The fourth-order valence-corrected chi connectivity index (χ4v) is 2.54. The second kappa shape index (κ2) is 5.59. The smallest absolute Gasteiger partial charge is 0.124 e. The van der Waals surface area contributed by atoms with Crippen LogP contribution in [0.3, 0.4) is 0 Å². The summed E-state index contributed by atoms with van der Waals surface area (Å²) in [6, 6.07) is 5.55. The van der Waals surface area contributed by atoms with Crippen molar-refractivity contribution >= 4 is 45.0 Å². The minimum atomic E-state index is -0.878. The molecule has 0 aliphatic heterocycles. The lowest BCUT2D eigenvalue weighted by Crippen LogP contribution is -2.18. The van der Waals surface area contributed by atoms with Gasteiger partial charge in [-0.2, -0.15) is 0 Å². The van der Waals surface area contributed by atoms with E-state index < -0.39 is 10.8 Å². The van der Waals surface area contributed by atoms with E-state index in [1.807, 2.05) is 23.6 Å². The summed E-state index contributed by atoms with van der Waals surface area (Å²) in [7, 11) is -0.878. The van der Waals surface area contributed by atoms with Crippen molar-refractivity contribution < 1.29 is 4.21 Å². The molecule has 0 amide bonds. The van der Waals surface area contributed by atoms with Crippen molar-refractivity contribution in [2.45, 2.75) is 24.6 Å². The molecule has 3 nitrogen and oxygen atoms in total. The Morgan fingerprint density at radius 1 is 1.50 bits per heavy atom. The zero-order chi connectivity index (χ0) is 13.3. The second-order valence-electron chi connectivity index (χ2n) is 4.21. The molecular weight excluding hydrogens is 291 g/mol. The Bertz CT molecular complexity index is 597. The molecule has 0 aliphatic rings. The molecule has 0 bridgehead atoms. The number of fused-ring (bicyclic) bond motifs is 1. The lowest BCUT2D eigenvalue weighted by Gasteiger charge is -2.12. The van der Waals surface area contributed by atoms with Gasteiger partial charge in [-0.05, 0) is 25.1 Å². The van der Waals surface area contributed by atoms with E-state index in [0.717, 1.165) is 16.9 Å². The molecule has 18 heavy (non-hydrogen) atoms. The first-order valence-corrected chi connectivity index (χ1v) is 8.09. The van der Waals surface area contributed by atoms with Gasteiger partial charge >= 0.3 is 0 Å². The van der Waals surface area contributed by atoms with E-state index in [2.05, 4.69) is 4.98 Å². The first-order chi connectivity index (χ1) is 8.52. The van der Waals surface area contributed by atoms with Crippen molar-refractivity contribution in [3.05, 3.63) is 29.0 Å². The molecule has 0 spiro atoms. The maximum atomic E-state index is 11.5. The Balaban J connectivity index is 2.52. The van der Waals surface area contributed by atoms with E-state index in [-0.39, 0.29) is 5.25 Å². The van der Waals surface area contributed by atoms with Crippen molar-refractivity contribution in [1.82, 2.24) is 9.55 Å². The van der Waals surface area contributed by atoms with Gasteiger partial charge in [0.05, 0.1) is 16.9 Å². The number of hydrogen-bond donors (Lipinski definition) is 0. The molecule has 2 aromatic rings. The molecule has 1 aromatic carbocycles. The number of rotatable bonds is 4. The Morgan fingerprint density at radius 2 is 2.22 bits per heavy atom. The molecule has 2 rings (SSSR count). The van der Waals surface area contributed by atoms with Gasteiger partial charge in [-0.25, -0.2) is 4.98 Å². The Labute approximate surface area is 119 Å². The molecule has 98 valence electrons. The van der Waals surface area contributed by atoms with Crippen LogP contribution >= 0.6 is 23.2 Å². The maximum Gasteiger partial charge on any atom is 0.124 e. The largest absolute Gasteiger partial charge is 0.326 e. The SMILES string of the molecule is CC(Cn1c(CCl)nc2ccc(Cl)cc21)S(C)=O. The van der Waals surface area contributed by atoms with Gasteiger partial charge < -0.3 is 4.57 Å². The standard InChI is InChI=1S/C12H14Cl2N2OS/c1-8(18(2)17)7-16-11-5-9(14)3-4-10(11)15-12(16)6-13/h3-5,8H,6-7H2,1-2H3. The van der Waals surface area contributed by atoms with Crippen molar-refractivity contribution in [2.75, 3.05) is 6.26 Å². The third-order valence-corrected chi connectivity index (χ3v) is 4.67. The monoisotopic (exact) mass is 304 g/mol. The zero-order valence-electron chi connectivity index (χ0n) is 10.2. The number of imidazole rings is 1. The van der Waals surface area contributed by atoms with Crippen LogP contribution in [0.2, 0.25) is 5.02 Å². The Hall–Kier alpha value is -0.580. The van der Waals surface area contributed by atoms with Crippen molar-refractivity contribution in [1.29, 1.82) is 0 Å². The molecular formula is C12H14Cl2N2OS. The topological polar surface area (TPSA) is 34.9 Å². The summed E-state index contributed by atoms with van der Waals surface area (Å²) in [5.74, 6) is 1.11. The average Bonchev–Trinajstić information content (AvgIpc) is 2.67. The van der Waals surface area contributed by atoms with Crippen molar-refractivity contribution in [3.63, 3.8) is 0 Å². The minimum absolute atomic E-state index is 0.0448. The minimum Gasteiger partial charge on any atom is -0.326 e. The quantitative estimate of drug-likeness (QED) is 0.813. The van der Waals surface area contributed by atoms with Crippen LogP contribution in [0, 0.1) is 0 Å². The molecule has 0 radical (unpaired) electrons. The van der Waals surface area contributed by atoms with Gasteiger partial charge in [-0.15, -0.1) is 11.6 Å². The first kappa shape index (κ1) is 13.8. The molecule has 0 saturated heterocycles. The third-order valence-electron chi connectivity index (χ3n) is 2.92. The van der Waals surface area contributed by atoms with Crippen LogP contribution in [0.15, 0.2) is 18.2 Å². The van der Waals surface area contributed by atoms with Gasteiger partial charge in [-0.1, -0.05) is 11.6 Å². The van der Waals surface area contributed by atoms with Crippen LogP contribution < -0.4 is 0 Å². The van der Waals surface area contributed by atoms with E-state index in [4.69, 9.17) is 23.2 Å². The highest BCUT2D eigenvalue weighted by atomic mass is 35.5. The van der Waals surface area contributed by atoms with Gasteiger partial charge in [0.1, 0.15) is 5.82 Å². The number of aromatic nitrogens is 2. The molecule has 0 N–H and O–H groups in total. The average molecular weight is 305 g/mol. The third kappa shape index (κ3) is 2.71. The van der Waals surface area contributed by atoms with E-state index >= 15 is 0 Å². The predicted octanol–water partition coefficient (Wildman–Crippen LogP) is 3.20. The highest BCUT2D eigenvalue weighted by Crippen LogP contribution is 2.22. The van der Waals surface area contributed by atoms with Gasteiger partial charge in [0, 0.05) is 33.9 Å². The second-order valence-corrected chi connectivity index (χ2v) is 6.72. The van der Waals surface area contributed by atoms with Crippen molar-refractivity contribution in [2.24, 2.45) is 0 Å². The van der Waals surface area contributed by atoms with Crippen molar-refractivity contribution in [3.8, 4) is 0 Å². The summed E-state index contributed by atoms with van der Waals surface area (Å²) in [6.45, 7) is 2.58. The Morgan fingerprint density at radius 3 is 2.83 bits per heavy atom. The first-order valence-electron chi connectivity index (χ1n) is 5.55. The maximum absolute atomic E-state index is 11.5. The van der Waals surface area contributed by atoms with Gasteiger partial charge in [0.25, 0.3) is 0 Å². The molecule has 1 aromatic heterocycles. The van der Waals surface area contributed by atoms with E-state index in [1.165, 1.54) is 0 Å². The summed E-state index contributed by atoms with van der Waals surface area (Å²) in [5.41, 5.74) is 1.81. The predicted molar refractivity (Wildman–Crippen MR) is 77.8 cm³/mol. The normalized spacial score (nSPS) is 14.9. The fraction of sp³-hybridized carbons (Fsp3) is 0.417. The number of hydrogen-bond acceptors (Lipinski definition) is 2. The van der Waals surface area contributed by atoms with Gasteiger partial charge in [0.15, 0.2) is 0 Å². The number of alkyl halides is 1. The lowest BCUT2D eigenvalue weighted by atomic mass is 10.3. The molecule has 1 heterocycles. The van der Waals surface area contributed by atoms with Crippen LogP contribution in [0.5, 0.6) is 0 Å². The van der Waals surface area contributed by atoms with Gasteiger partial charge in [0.2, 0.25) is 0 Å². The molecule has 6 heteroatoms. The molecule has 2 unspecified atom stereocenters. The summed E-state index contributed by atoms with van der Waals surface area (Å²) < 4.78 is 13.5. The van der Waals surface area contributed by atoms with Crippen LogP contribution in [-0.4, -0.2) is 25.3 Å². The number of benzene rings is 1. The van der Waals surface area contributed by atoms with E-state index in [0.29, 0.717) is 17.4 Å². The van der Waals surface area contributed by atoms with Crippen LogP contribution in [0.1, 0.15) is 12.7 Å². The molecule has 0 saturated carbocycles. The number of nitrogens with zero attached hydrogens (tertiary/aromatic N) is 2. The van der Waals surface area contributed by atoms with Crippen LogP contribution in [0.4, 0.5) is 0 Å². The zero-order valence-corrected chi connectivity index (χ0v) is 12.5. The van der Waals surface area contributed by atoms with E-state index in [9.17, 15) is 4.21 Å². The summed E-state index contributed by atoms with van der Waals surface area (Å²) in [4.78, 5) is 4.46. The summed E-state index contributed by atoms with van der Waals surface area (Å²) in [6.07, 6.45) is 1.71. The highest BCUT2D eigenvalue weighted by Gasteiger charge is 2.14. The highest BCUT2D eigenvalue weighted by molar-refractivity contribution is 7.84. The van der Waals surface area contributed by atoms with Crippen LogP contribution in [0.25, 0.3) is 11.0 Å². The molecule has 0 fully saturated rings. The lowest BCUT2D eigenvalue weighted by molar-refractivity contribution is 0.641. The van der Waals surface area contributed by atoms with Gasteiger partial charge in [-0.3, -0.25) is 4.21 Å². The summed E-state index contributed by atoms with van der Waals surface area (Å²) >= 11 is 11.9.